The third-order valence-corrected chi connectivity index (χ3v) is 9.50. The number of likely N-dealkylation sites (tertiary alicyclic amines) is 1. The zero-order valence-electron chi connectivity index (χ0n) is 26.8. The van der Waals surface area contributed by atoms with Crippen molar-refractivity contribution in [3.63, 3.8) is 0 Å². The van der Waals surface area contributed by atoms with Crippen molar-refractivity contribution in [3.8, 4) is 0 Å². The standard InChI is InChI=1S/C37H35N3O9S/c41-20-24-10-12-26(13-11-24)31-17-28(22-50-33-29(35(44)45)7-4-16-38-33)48-36(49-31)27-14-8-23(9-15-27)19-40-32(42)18-30(34(40)43)39-37(46)47-21-25-5-2-1-3-6-25/h1-16,28,30-31,36,41H,17-22H2,(H,39,46)(H,44,45)/t28-,30?,31+,36+/m1/s1. The first-order valence-electron chi connectivity index (χ1n) is 16.0. The van der Waals surface area contributed by atoms with Crippen LogP contribution in [0.15, 0.2) is 102 Å². The minimum Gasteiger partial charge on any atom is -0.478 e. The van der Waals surface area contributed by atoms with Crippen molar-refractivity contribution in [2.75, 3.05) is 5.75 Å². The summed E-state index contributed by atoms with van der Waals surface area (Å²) in [5, 5.41) is 22.0. The first-order chi connectivity index (χ1) is 24.3. The Balaban J connectivity index is 1.10. The molecular weight excluding hydrogens is 662 g/mol. The van der Waals surface area contributed by atoms with E-state index in [9.17, 15) is 29.4 Å². The fourth-order valence-electron chi connectivity index (χ4n) is 5.70. The van der Waals surface area contributed by atoms with Crippen LogP contribution < -0.4 is 5.32 Å². The van der Waals surface area contributed by atoms with Gasteiger partial charge in [0.1, 0.15) is 17.7 Å². The molecule has 1 aromatic heterocycles. The van der Waals surface area contributed by atoms with E-state index in [1.807, 2.05) is 66.7 Å². The van der Waals surface area contributed by atoms with E-state index in [1.54, 1.807) is 24.4 Å². The maximum absolute atomic E-state index is 13.1. The largest absolute Gasteiger partial charge is 0.478 e. The maximum Gasteiger partial charge on any atom is 0.408 e. The number of aliphatic hydroxyl groups excluding tert-OH is 1. The highest BCUT2D eigenvalue weighted by Gasteiger charge is 2.40. The number of thioether (sulfide) groups is 1. The Labute approximate surface area is 292 Å². The second kappa shape index (κ2) is 16.1. The summed E-state index contributed by atoms with van der Waals surface area (Å²) < 4.78 is 18.0. The second-order valence-corrected chi connectivity index (χ2v) is 12.9. The van der Waals surface area contributed by atoms with Crippen LogP contribution in [0.2, 0.25) is 0 Å². The molecule has 3 heterocycles. The van der Waals surface area contributed by atoms with Crippen molar-refractivity contribution in [1.82, 2.24) is 15.2 Å². The fourth-order valence-corrected chi connectivity index (χ4v) is 6.70. The van der Waals surface area contributed by atoms with Gasteiger partial charge in [0.15, 0.2) is 6.29 Å². The van der Waals surface area contributed by atoms with Gasteiger partial charge in [-0.15, -0.1) is 11.8 Å². The molecule has 50 heavy (non-hydrogen) atoms. The van der Waals surface area contributed by atoms with Crippen LogP contribution in [0.4, 0.5) is 4.79 Å². The summed E-state index contributed by atoms with van der Waals surface area (Å²) in [5.41, 5.74) is 4.00. The number of carbonyl (C=O) groups excluding carboxylic acids is 3. The Hall–Kier alpha value is -5.08. The third-order valence-electron chi connectivity index (χ3n) is 8.36. The number of pyridine rings is 1. The molecule has 2 aliphatic heterocycles. The van der Waals surface area contributed by atoms with Crippen molar-refractivity contribution >= 4 is 35.6 Å². The van der Waals surface area contributed by atoms with Gasteiger partial charge in [-0.25, -0.2) is 14.6 Å². The number of carboxylic acids is 1. The molecule has 6 rings (SSSR count). The predicted octanol–water partition coefficient (Wildman–Crippen LogP) is 5.16. The number of nitrogens with one attached hydrogen (secondary N) is 1. The zero-order chi connectivity index (χ0) is 35.0. The van der Waals surface area contributed by atoms with Crippen molar-refractivity contribution in [2.45, 2.75) is 62.2 Å². The summed E-state index contributed by atoms with van der Waals surface area (Å²) in [6.45, 7) is -0.0128. The molecule has 2 saturated heterocycles. The topological polar surface area (TPSA) is 165 Å². The van der Waals surface area contributed by atoms with E-state index in [4.69, 9.17) is 14.2 Å². The van der Waals surface area contributed by atoms with Crippen LogP contribution in [0, 0.1) is 0 Å². The predicted molar refractivity (Wildman–Crippen MR) is 181 cm³/mol. The van der Waals surface area contributed by atoms with E-state index in [0.29, 0.717) is 28.3 Å². The molecule has 3 N–H and O–H groups in total. The lowest BCUT2D eigenvalue weighted by atomic mass is 10.0. The van der Waals surface area contributed by atoms with E-state index in [2.05, 4.69) is 10.3 Å². The molecule has 0 spiro atoms. The number of nitrogens with zero attached hydrogens (tertiary/aromatic N) is 2. The first-order valence-corrected chi connectivity index (χ1v) is 17.0. The van der Waals surface area contributed by atoms with Crippen LogP contribution in [0.25, 0.3) is 0 Å². The smallest absolute Gasteiger partial charge is 0.408 e. The number of aliphatic hydroxyl groups is 1. The molecule has 0 saturated carbocycles. The number of imide groups is 1. The average molecular weight is 698 g/mol. The molecule has 4 aromatic rings. The number of hydrogen-bond acceptors (Lipinski definition) is 10. The lowest BCUT2D eigenvalue weighted by Gasteiger charge is -2.36. The van der Waals surface area contributed by atoms with E-state index in [1.165, 1.54) is 17.8 Å². The van der Waals surface area contributed by atoms with Crippen LogP contribution in [-0.4, -0.2) is 61.9 Å². The van der Waals surface area contributed by atoms with Gasteiger partial charge in [0.2, 0.25) is 5.91 Å². The highest BCUT2D eigenvalue weighted by atomic mass is 32.2. The molecule has 13 heteroatoms. The fraction of sp³-hybridized carbons (Fsp3) is 0.270. The Morgan fingerprint density at radius 3 is 2.34 bits per heavy atom. The molecule has 1 unspecified atom stereocenters. The first kappa shape index (κ1) is 34.8. The van der Waals surface area contributed by atoms with Gasteiger partial charge in [-0.3, -0.25) is 14.5 Å². The number of amides is 3. The molecule has 2 fully saturated rings. The van der Waals surface area contributed by atoms with Gasteiger partial charge in [-0.2, -0.15) is 0 Å². The van der Waals surface area contributed by atoms with Gasteiger partial charge < -0.3 is 29.7 Å². The van der Waals surface area contributed by atoms with E-state index < -0.39 is 36.2 Å². The number of aromatic nitrogens is 1. The van der Waals surface area contributed by atoms with Crippen molar-refractivity contribution in [1.29, 1.82) is 0 Å². The molecular formula is C37H35N3O9S. The summed E-state index contributed by atoms with van der Waals surface area (Å²) in [7, 11) is 0. The molecule has 2 aliphatic rings. The molecule has 3 aromatic carbocycles. The SMILES string of the molecule is O=C(NC1CC(=O)N(Cc2ccc([C@H]3O[C@@H](CSc4ncccc4C(=O)O)C[C@@H](c4ccc(CO)cc4)O3)cc2)C1=O)OCc1ccccc1. The van der Waals surface area contributed by atoms with Crippen LogP contribution >= 0.6 is 11.8 Å². The second-order valence-electron chi connectivity index (χ2n) is 11.8. The molecule has 4 atom stereocenters. The summed E-state index contributed by atoms with van der Waals surface area (Å²) >= 11 is 1.30. The summed E-state index contributed by atoms with van der Waals surface area (Å²) in [6.07, 6.45) is -0.320. The van der Waals surface area contributed by atoms with Crippen LogP contribution in [-0.2, 0) is 43.6 Å². The molecule has 12 nitrogen and oxygen atoms in total. The van der Waals surface area contributed by atoms with Crippen LogP contribution in [0.1, 0.15) is 63.4 Å². The summed E-state index contributed by atoms with van der Waals surface area (Å²) in [6, 6.07) is 25.9. The highest BCUT2D eigenvalue weighted by Crippen LogP contribution is 2.39. The maximum atomic E-state index is 13.1. The Bertz CT molecular complexity index is 1820. The van der Waals surface area contributed by atoms with Crippen LogP contribution in [0.3, 0.4) is 0 Å². The number of alkyl carbamates (subject to hydrolysis) is 1. The van der Waals surface area contributed by atoms with E-state index in [0.717, 1.165) is 21.6 Å². The zero-order valence-corrected chi connectivity index (χ0v) is 27.7. The third kappa shape index (κ3) is 8.55. The average Bonchev–Trinajstić information content (AvgIpc) is 3.40. The number of ether oxygens (including phenoxy) is 3. The van der Waals surface area contributed by atoms with Crippen LogP contribution in [0.5, 0.6) is 0 Å². The van der Waals surface area contributed by atoms with Crippen molar-refractivity contribution in [3.05, 3.63) is 131 Å². The molecule has 0 radical (unpaired) electrons. The van der Waals surface area contributed by atoms with Gasteiger partial charge in [0, 0.05) is 23.9 Å². The number of rotatable bonds is 12. The Morgan fingerprint density at radius 1 is 0.900 bits per heavy atom. The van der Waals surface area contributed by atoms with E-state index in [-0.39, 0.29) is 44.0 Å². The lowest BCUT2D eigenvalue weighted by Crippen LogP contribution is -2.41. The molecule has 0 aliphatic carbocycles. The van der Waals surface area contributed by atoms with Gasteiger partial charge in [-0.1, -0.05) is 78.9 Å². The molecule has 0 bridgehead atoms. The number of hydrogen-bond donors (Lipinski definition) is 3. The molecule has 3 amide bonds. The summed E-state index contributed by atoms with van der Waals surface area (Å²) in [5.74, 6) is -1.54. The lowest BCUT2D eigenvalue weighted by molar-refractivity contribution is -0.245. The Kier molecular flexibility index (Phi) is 11.2. The number of benzene rings is 3. The normalized spacial score (nSPS) is 20.5. The minimum absolute atomic E-state index is 0.0245. The van der Waals surface area contributed by atoms with Gasteiger partial charge in [0.25, 0.3) is 5.91 Å². The van der Waals surface area contributed by atoms with Crippen molar-refractivity contribution < 1.29 is 43.6 Å². The Morgan fingerprint density at radius 2 is 1.62 bits per heavy atom. The van der Waals surface area contributed by atoms with E-state index >= 15 is 0 Å². The number of carbonyl (C=O) groups is 4. The number of carboxylic acid groups (broad SMARTS) is 1. The molecule has 258 valence electrons. The van der Waals surface area contributed by atoms with Gasteiger partial charge in [0.05, 0.1) is 37.3 Å². The van der Waals surface area contributed by atoms with Gasteiger partial charge in [-0.05, 0) is 34.4 Å². The highest BCUT2D eigenvalue weighted by molar-refractivity contribution is 7.99. The summed E-state index contributed by atoms with van der Waals surface area (Å²) in [4.78, 5) is 55.2. The van der Waals surface area contributed by atoms with Crippen molar-refractivity contribution in [2.24, 2.45) is 0 Å². The number of aromatic carboxylic acids is 1. The minimum atomic E-state index is -1.06. The monoisotopic (exact) mass is 697 g/mol. The quantitative estimate of drug-likeness (QED) is 0.132. The van der Waals surface area contributed by atoms with Gasteiger partial charge >= 0.3 is 12.1 Å².